The standard InChI is InChI=1S/C19H16F2N4O/c20-13-7-4-8-14(21)16(13)24-19(26)25-10-9-15-17(23-11-22-15)18(25)12-5-2-1-3-6-12/h1-8,11,18H,9-10H2,(H,22,23)(H,24,26). The van der Waals surface area contributed by atoms with Crippen LogP contribution in [0.25, 0.3) is 0 Å². The zero-order valence-corrected chi connectivity index (χ0v) is 13.7. The second-order valence-corrected chi connectivity index (χ2v) is 6.05. The highest BCUT2D eigenvalue weighted by molar-refractivity contribution is 5.90. The van der Waals surface area contributed by atoms with Crippen molar-refractivity contribution in [2.24, 2.45) is 0 Å². The molecule has 0 fully saturated rings. The molecule has 2 N–H and O–H groups in total. The highest BCUT2D eigenvalue weighted by atomic mass is 19.1. The molecule has 1 aromatic heterocycles. The Hall–Kier alpha value is -3.22. The van der Waals surface area contributed by atoms with Crippen molar-refractivity contribution in [3.05, 3.63) is 83.4 Å². The minimum absolute atomic E-state index is 0.399. The van der Waals surface area contributed by atoms with Gasteiger partial charge in [-0.05, 0) is 17.7 Å². The molecule has 132 valence electrons. The van der Waals surface area contributed by atoms with Crippen LogP contribution in [0.4, 0.5) is 19.3 Å². The maximum absolute atomic E-state index is 13.9. The van der Waals surface area contributed by atoms with Gasteiger partial charge in [0.2, 0.25) is 0 Å². The third-order valence-corrected chi connectivity index (χ3v) is 4.50. The van der Waals surface area contributed by atoms with Crippen molar-refractivity contribution >= 4 is 11.7 Å². The number of benzene rings is 2. The Balaban J connectivity index is 1.69. The highest BCUT2D eigenvalue weighted by Crippen LogP contribution is 2.34. The van der Waals surface area contributed by atoms with Crippen molar-refractivity contribution in [2.45, 2.75) is 12.5 Å². The van der Waals surface area contributed by atoms with Crippen molar-refractivity contribution in [2.75, 3.05) is 11.9 Å². The summed E-state index contributed by atoms with van der Waals surface area (Å²) in [6, 6.07) is 11.9. The van der Waals surface area contributed by atoms with Crippen LogP contribution in [0.15, 0.2) is 54.9 Å². The Morgan fingerprint density at radius 1 is 1.12 bits per heavy atom. The fourth-order valence-electron chi connectivity index (χ4n) is 3.26. The van der Waals surface area contributed by atoms with E-state index in [0.29, 0.717) is 13.0 Å². The number of nitrogens with zero attached hydrogens (tertiary/aromatic N) is 2. The van der Waals surface area contributed by atoms with E-state index in [9.17, 15) is 13.6 Å². The number of carbonyl (C=O) groups is 1. The predicted molar refractivity (Wildman–Crippen MR) is 92.7 cm³/mol. The van der Waals surface area contributed by atoms with E-state index in [-0.39, 0.29) is 0 Å². The summed E-state index contributed by atoms with van der Waals surface area (Å²) in [6.07, 6.45) is 2.18. The lowest BCUT2D eigenvalue weighted by Crippen LogP contribution is -2.43. The number of para-hydroxylation sites is 1. The topological polar surface area (TPSA) is 61.0 Å². The molecule has 0 saturated heterocycles. The summed E-state index contributed by atoms with van der Waals surface area (Å²) < 4.78 is 27.8. The molecular weight excluding hydrogens is 338 g/mol. The number of anilines is 1. The Kier molecular flexibility index (Phi) is 4.12. The zero-order valence-electron chi connectivity index (χ0n) is 13.7. The Morgan fingerprint density at radius 3 is 2.58 bits per heavy atom. The zero-order chi connectivity index (χ0) is 18.1. The van der Waals surface area contributed by atoms with Crippen molar-refractivity contribution in [3.8, 4) is 0 Å². The summed E-state index contributed by atoms with van der Waals surface area (Å²) in [5, 5.41) is 2.37. The van der Waals surface area contributed by atoms with Gasteiger partial charge in [0.05, 0.1) is 12.0 Å². The lowest BCUT2D eigenvalue weighted by molar-refractivity contribution is 0.192. The van der Waals surface area contributed by atoms with Crippen molar-refractivity contribution in [3.63, 3.8) is 0 Å². The molecule has 0 aliphatic carbocycles. The van der Waals surface area contributed by atoms with Crippen LogP contribution in [0.2, 0.25) is 0 Å². The second kappa shape index (κ2) is 6.59. The van der Waals surface area contributed by atoms with Crippen LogP contribution in [0.1, 0.15) is 23.0 Å². The van der Waals surface area contributed by atoms with Gasteiger partial charge in [-0.25, -0.2) is 18.6 Å². The van der Waals surface area contributed by atoms with E-state index in [1.54, 1.807) is 11.2 Å². The molecule has 1 aliphatic heterocycles. The van der Waals surface area contributed by atoms with Gasteiger partial charge in [-0.2, -0.15) is 0 Å². The number of aromatic nitrogens is 2. The minimum atomic E-state index is -0.813. The van der Waals surface area contributed by atoms with Gasteiger partial charge in [-0.1, -0.05) is 36.4 Å². The quantitative estimate of drug-likeness (QED) is 0.734. The highest BCUT2D eigenvalue weighted by Gasteiger charge is 2.34. The fraction of sp³-hybridized carbons (Fsp3) is 0.158. The smallest absolute Gasteiger partial charge is 0.322 e. The maximum atomic E-state index is 13.9. The van der Waals surface area contributed by atoms with Crippen molar-refractivity contribution < 1.29 is 13.6 Å². The largest absolute Gasteiger partial charge is 0.348 e. The summed E-state index contributed by atoms with van der Waals surface area (Å²) in [5.74, 6) is -1.63. The number of halogens is 2. The second-order valence-electron chi connectivity index (χ2n) is 6.05. The molecular formula is C19H16F2N4O. The molecule has 7 heteroatoms. The molecule has 1 unspecified atom stereocenters. The van der Waals surface area contributed by atoms with Crippen LogP contribution in [0.3, 0.4) is 0 Å². The van der Waals surface area contributed by atoms with Gasteiger partial charge in [0.15, 0.2) is 0 Å². The summed E-state index contributed by atoms with van der Waals surface area (Å²) >= 11 is 0. The number of hydrogen-bond donors (Lipinski definition) is 2. The summed E-state index contributed by atoms with van der Waals surface area (Å²) in [5.41, 5.74) is 2.13. The van der Waals surface area contributed by atoms with Crippen LogP contribution in [0, 0.1) is 11.6 Å². The monoisotopic (exact) mass is 354 g/mol. The van der Waals surface area contributed by atoms with Crippen LogP contribution in [-0.2, 0) is 6.42 Å². The van der Waals surface area contributed by atoms with Gasteiger partial charge in [-0.15, -0.1) is 0 Å². The van der Waals surface area contributed by atoms with E-state index < -0.39 is 29.4 Å². The average Bonchev–Trinajstić information content (AvgIpc) is 3.13. The lowest BCUT2D eigenvalue weighted by Gasteiger charge is -2.35. The average molecular weight is 354 g/mol. The summed E-state index contributed by atoms with van der Waals surface area (Å²) in [4.78, 5) is 21.8. The number of hydrogen-bond acceptors (Lipinski definition) is 2. The van der Waals surface area contributed by atoms with E-state index in [1.807, 2.05) is 30.3 Å². The van der Waals surface area contributed by atoms with E-state index in [0.717, 1.165) is 29.1 Å². The first-order chi connectivity index (χ1) is 12.6. The fourth-order valence-corrected chi connectivity index (χ4v) is 3.26. The van der Waals surface area contributed by atoms with Crippen molar-refractivity contribution in [1.82, 2.24) is 14.9 Å². The number of rotatable bonds is 2. The molecule has 2 amide bonds. The van der Waals surface area contributed by atoms with Crippen LogP contribution < -0.4 is 5.32 Å². The predicted octanol–water partition coefficient (Wildman–Crippen LogP) is 3.87. The van der Waals surface area contributed by atoms with E-state index in [1.165, 1.54) is 6.07 Å². The number of aromatic amines is 1. The molecule has 0 saturated carbocycles. The molecule has 2 aromatic carbocycles. The molecule has 0 radical (unpaired) electrons. The first-order valence-electron chi connectivity index (χ1n) is 8.24. The molecule has 2 heterocycles. The number of H-pyrrole nitrogens is 1. The molecule has 0 bridgehead atoms. The first-order valence-corrected chi connectivity index (χ1v) is 8.24. The Labute approximate surface area is 148 Å². The number of fused-ring (bicyclic) bond motifs is 1. The number of imidazole rings is 1. The number of nitrogens with one attached hydrogen (secondary N) is 2. The van der Waals surface area contributed by atoms with Gasteiger partial charge in [0, 0.05) is 18.7 Å². The lowest BCUT2D eigenvalue weighted by atomic mass is 9.96. The number of carbonyl (C=O) groups excluding carboxylic acids is 1. The SMILES string of the molecule is O=C(Nc1c(F)cccc1F)N1CCc2[nH]cnc2C1c1ccccc1. The third-order valence-electron chi connectivity index (χ3n) is 4.50. The molecule has 3 aromatic rings. The van der Waals surface area contributed by atoms with Gasteiger partial charge in [0.25, 0.3) is 0 Å². The third kappa shape index (κ3) is 2.81. The van der Waals surface area contributed by atoms with Gasteiger partial charge >= 0.3 is 6.03 Å². The summed E-state index contributed by atoms with van der Waals surface area (Å²) in [6.45, 7) is 0.399. The number of urea groups is 1. The van der Waals surface area contributed by atoms with Crippen LogP contribution >= 0.6 is 0 Å². The molecule has 1 atom stereocenters. The van der Waals surface area contributed by atoms with Crippen molar-refractivity contribution in [1.29, 1.82) is 0 Å². The Bertz CT molecular complexity index is 921. The van der Waals surface area contributed by atoms with E-state index >= 15 is 0 Å². The summed E-state index contributed by atoms with van der Waals surface area (Å²) in [7, 11) is 0. The van der Waals surface area contributed by atoms with E-state index in [2.05, 4.69) is 15.3 Å². The van der Waals surface area contributed by atoms with Gasteiger partial charge in [0.1, 0.15) is 23.4 Å². The molecule has 0 spiro atoms. The molecule has 26 heavy (non-hydrogen) atoms. The van der Waals surface area contributed by atoms with E-state index in [4.69, 9.17) is 0 Å². The maximum Gasteiger partial charge on any atom is 0.322 e. The van der Waals surface area contributed by atoms with Crippen LogP contribution in [-0.4, -0.2) is 27.4 Å². The van der Waals surface area contributed by atoms with Crippen LogP contribution in [0.5, 0.6) is 0 Å². The molecule has 4 rings (SSSR count). The number of amides is 2. The van der Waals surface area contributed by atoms with Gasteiger partial charge in [-0.3, -0.25) is 0 Å². The molecule has 5 nitrogen and oxygen atoms in total. The Morgan fingerprint density at radius 2 is 1.85 bits per heavy atom. The minimum Gasteiger partial charge on any atom is -0.348 e. The first kappa shape index (κ1) is 16.3. The van der Waals surface area contributed by atoms with Gasteiger partial charge < -0.3 is 15.2 Å². The normalized spacial score (nSPS) is 16.2. The molecule has 1 aliphatic rings.